The van der Waals surface area contributed by atoms with Crippen LogP contribution in [-0.2, 0) is 4.79 Å². The number of halogens is 1. The first-order chi connectivity index (χ1) is 7.41. The average molecular weight is 227 g/mol. The molecule has 3 N–H and O–H groups in total. The summed E-state index contributed by atoms with van der Waals surface area (Å²) in [7, 11) is 0. The fraction of sp³-hybridized carbons (Fsp3) is 0.200. The van der Waals surface area contributed by atoms with Gasteiger partial charge in [-0.25, -0.2) is 9.18 Å². The summed E-state index contributed by atoms with van der Waals surface area (Å²) in [6.07, 6.45) is -1.10. The highest BCUT2D eigenvalue weighted by molar-refractivity contribution is 5.93. The van der Waals surface area contributed by atoms with Crippen molar-refractivity contribution in [1.29, 1.82) is 0 Å². The highest BCUT2D eigenvalue weighted by Gasteiger charge is 2.14. The molecule has 0 heterocycles. The molecule has 1 aromatic rings. The number of benzene rings is 1. The molecule has 1 unspecified atom stereocenters. The molecular weight excluding hydrogens is 217 g/mol. The molecule has 0 aliphatic carbocycles. The lowest BCUT2D eigenvalue weighted by molar-refractivity contribution is -0.144. The van der Waals surface area contributed by atoms with Gasteiger partial charge in [-0.1, -0.05) is 0 Å². The van der Waals surface area contributed by atoms with Crippen molar-refractivity contribution < 1.29 is 23.8 Å². The lowest BCUT2D eigenvalue weighted by atomic mass is 10.2. The van der Waals surface area contributed by atoms with E-state index >= 15 is 0 Å². The molecule has 0 bridgehead atoms. The largest absolute Gasteiger partial charge is 0.479 e. The van der Waals surface area contributed by atoms with Crippen LogP contribution >= 0.6 is 0 Å². The Kier molecular flexibility index (Phi) is 3.44. The van der Waals surface area contributed by atoms with E-state index in [0.29, 0.717) is 0 Å². The number of amides is 1. The van der Waals surface area contributed by atoms with Crippen molar-refractivity contribution >= 4 is 11.9 Å². The Morgan fingerprint density at radius 3 is 2.56 bits per heavy atom. The van der Waals surface area contributed by atoms with E-state index in [9.17, 15) is 14.0 Å². The van der Waals surface area contributed by atoms with E-state index in [4.69, 9.17) is 15.6 Å². The average Bonchev–Trinajstić information content (AvgIpc) is 2.16. The van der Waals surface area contributed by atoms with Gasteiger partial charge in [-0.2, -0.15) is 0 Å². The molecule has 5 nitrogen and oxygen atoms in total. The van der Waals surface area contributed by atoms with Gasteiger partial charge in [0.05, 0.1) is 5.56 Å². The smallest absolute Gasteiger partial charge is 0.344 e. The van der Waals surface area contributed by atoms with E-state index in [1.54, 1.807) is 0 Å². The van der Waals surface area contributed by atoms with Crippen LogP contribution in [0.4, 0.5) is 4.39 Å². The van der Waals surface area contributed by atoms with Crippen LogP contribution in [0.2, 0.25) is 0 Å². The molecule has 0 aliphatic heterocycles. The second-order valence-corrected chi connectivity index (χ2v) is 3.10. The second-order valence-electron chi connectivity index (χ2n) is 3.10. The summed E-state index contributed by atoms with van der Waals surface area (Å²) in [5.41, 5.74) is 4.63. The van der Waals surface area contributed by atoms with Gasteiger partial charge in [0, 0.05) is 6.07 Å². The van der Waals surface area contributed by atoms with Crippen molar-refractivity contribution in [3.8, 4) is 5.75 Å². The summed E-state index contributed by atoms with van der Waals surface area (Å²) >= 11 is 0. The number of primary amides is 1. The Morgan fingerprint density at radius 1 is 1.50 bits per heavy atom. The van der Waals surface area contributed by atoms with Crippen molar-refractivity contribution in [2.45, 2.75) is 13.0 Å². The number of carbonyl (C=O) groups excluding carboxylic acids is 1. The number of rotatable bonds is 4. The van der Waals surface area contributed by atoms with E-state index < -0.39 is 23.8 Å². The van der Waals surface area contributed by atoms with E-state index in [1.807, 2.05) is 0 Å². The number of nitrogens with two attached hydrogens (primary N) is 1. The Balaban J connectivity index is 2.89. The molecule has 0 saturated heterocycles. The van der Waals surface area contributed by atoms with E-state index in [2.05, 4.69) is 0 Å². The second kappa shape index (κ2) is 4.61. The van der Waals surface area contributed by atoms with Gasteiger partial charge in [-0.3, -0.25) is 4.79 Å². The Morgan fingerprint density at radius 2 is 2.12 bits per heavy atom. The molecule has 1 amide bonds. The topological polar surface area (TPSA) is 89.6 Å². The van der Waals surface area contributed by atoms with Crippen molar-refractivity contribution in [3.05, 3.63) is 29.6 Å². The van der Waals surface area contributed by atoms with E-state index in [-0.39, 0.29) is 11.3 Å². The number of hydrogen-bond acceptors (Lipinski definition) is 3. The lowest BCUT2D eigenvalue weighted by Gasteiger charge is -2.10. The van der Waals surface area contributed by atoms with Crippen LogP contribution in [0, 0.1) is 5.82 Å². The molecule has 0 radical (unpaired) electrons. The maximum atomic E-state index is 13.2. The molecular formula is C10H10FNO4. The van der Waals surface area contributed by atoms with Gasteiger partial charge < -0.3 is 15.6 Å². The normalized spacial score (nSPS) is 11.9. The van der Waals surface area contributed by atoms with Crippen molar-refractivity contribution in [2.75, 3.05) is 0 Å². The van der Waals surface area contributed by atoms with Crippen LogP contribution in [0.5, 0.6) is 5.75 Å². The fourth-order valence-corrected chi connectivity index (χ4v) is 1.02. The third-order valence-corrected chi connectivity index (χ3v) is 1.87. The van der Waals surface area contributed by atoms with Gasteiger partial charge in [0.1, 0.15) is 11.6 Å². The standard InChI is InChI=1S/C10H10FNO4/c1-5(10(14)15)16-6-2-3-7(9(12)13)8(11)4-6/h2-5H,1H3,(H2,12,13)(H,14,15). The molecule has 0 saturated carbocycles. The SMILES string of the molecule is CC(Oc1ccc(C(N)=O)c(F)c1)C(=O)O. The van der Waals surface area contributed by atoms with Crippen LogP contribution in [0.15, 0.2) is 18.2 Å². The highest BCUT2D eigenvalue weighted by Crippen LogP contribution is 2.17. The van der Waals surface area contributed by atoms with Gasteiger partial charge in [-0.15, -0.1) is 0 Å². The van der Waals surface area contributed by atoms with Crippen molar-refractivity contribution in [2.24, 2.45) is 5.73 Å². The van der Waals surface area contributed by atoms with Gasteiger partial charge in [0.15, 0.2) is 6.10 Å². The molecule has 0 aliphatic rings. The maximum Gasteiger partial charge on any atom is 0.344 e. The predicted molar refractivity (Wildman–Crippen MR) is 52.6 cm³/mol. The summed E-state index contributed by atoms with van der Waals surface area (Å²) in [4.78, 5) is 21.2. The molecule has 1 atom stereocenters. The first kappa shape index (κ1) is 12.0. The van der Waals surface area contributed by atoms with Gasteiger partial charge >= 0.3 is 5.97 Å². The number of hydrogen-bond donors (Lipinski definition) is 2. The molecule has 86 valence electrons. The Labute approximate surface area is 90.6 Å². The number of aliphatic carboxylic acids is 1. The summed E-state index contributed by atoms with van der Waals surface area (Å²) in [5.74, 6) is -2.88. The highest BCUT2D eigenvalue weighted by atomic mass is 19.1. The molecule has 0 aromatic heterocycles. The maximum absolute atomic E-state index is 13.2. The number of ether oxygens (including phenoxy) is 1. The van der Waals surface area contributed by atoms with Crippen molar-refractivity contribution in [3.63, 3.8) is 0 Å². The molecule has 6 heteroatoms. The van der Waals surface area contributed by atoms with Gasteiger partial charge in [0.25, 0.3) is 5.91 Å². The summed E-state index contributed by atoms with van der Waals surface area (Å²) in [6.45, 7) is 1.31. The monoisotopic (exact) mass is 227 g/mol. The zero-order chi connectivity index (χ0) is 12.3. The van der Waals surface area contributed by atoms with Crippen LogP contribution < -0.4 is 10.5 Å². The fourth-order valence-electron chi connectivity index (χ4n) is 1.02. The third-order valence-electron chi connectivity index (χ3n) is 1.87. The molecule has 16 heavy (non-hydrogen) atoms. The Hall–Kier alpha value is -2.11. The summed E-state index contributed by atoms with van der Waals surface area (Å²) in [5, 5.41) is 8.56. The molecule has 1 aromatic carbocycles. The number of carboxylic acids is 1. The minimum atomic E-state index is -1.17. The number of carbonyl (C=O) groups is 2. The van der Waals surface area contributed by atoms with Gasteiger partial charge in [-0.05, 0) is 19.1 Å². The summed E-state index contributed by atoms with van der Waals surface area (Å²) in [6, 6.07) is 3.34. The van der Waals surface area contributed by atoms with Crippen LogP contribution in [0.25, 0.3) is 0 Å². The minimum Gasteiger partial charge on any atom is -0.479 e. The Bertz CT molecular complexity index is 433. The van der Waals surface area contributed by atoms with Gasteiger partial charge in [0.2, 0.25) is 0 Å². The zero-order valence-electron chi connectivity index (χ0n) is 8.44. The van der Waals surface area contributed by atoms with Crippen LogP contribution in [-0.4, -0.2) is 23.1 Å². The molecule has 0 spiro atoms. The zero-order valence-corrected chi connectivity index (χ0v) is 8.44. The van der Waals surface area contributed by atoms with E-state index in [1.165, 1.54) is 13.0 Å². The molecule has 1 rings (SSSR count). The van der Waals surface area contributed by atoms with E-state index in [0.717, 1.165) is 12.1 Å². The summed E-state index contributed by atoms with van der Waals surface area (Å²) < 4.78 is 18.1. The number of carboxylic acid groups (broad SMARTS) is 1. The minimum absolute atomic E-state index is 0.0254. The van der Waals surface area contributed by atoms with Crippen LogP contribution in [0.3, 0.4) is 0 Å². The quantitative estimate of drug-likeness (QED) is 0.795. The predicted octanol–water partition coefficient (Wildman–Crippen LogP) is 0.777. The first-order valence-corrected chi connectivity index (χ1v) is 4.40. The molecule has 0 fully saturated rings. The lowest BCUT2D eigenvalue weighted by Crippen LogP contribution is -2.23. The first-order valence-electron chi connectivity index (χ1n) is 4.40. The van der Waals surface area contributed by atoms with Crippen LogP contribution in [0.1, 0.15) is 17.3 Å². The van der Waals surface area contributed by atoms with Crippen molar-refractivity contribution in [1.82, 2.24) is 0 Å². The third kappa shape index (κ3) is 2.69.